The Morgan fingerprint density at radius 1 is 0.542 bits per heavy atom. The van der Waals surface area contributed by atoms with Gasteiger partial charge in [0.25, 0.3) is 0 Å². The number of hydrogen-bond acceptors (Lipinski definition) is 8. The summed E-state index contributed by atoms with van der Waals surface area (Å²) in [4.78, 5) is 14.7. The summed E-state index contributed by atoms with van der Waals surface area (Å²) in [5, 5.41) is 31.3. The highest BCUT2D eigenvalue weighted by Crippen LogP contribution is 2.64. The Balaban J connectivity index is 1.16. The van der Waals surface area contributed by atoms with Gasteiger partial charge >= 0.3 is 0 Å². The minimum atomic E-state index is -0.810. The van der Waals surface area contributed by atoms with E-state index in [0.717, 1.165) is 88.0 Å². The molecule has 0 fully saturated rings. The first-order valence-corrected chi connectivity index (χ1v) is 19.8. The predicted octanol–water partition coefficient (Wildman–Crippen LogP) is 11.6. The van der Waals surface area contributed by atoms with Gasteiger partial charge in [-0.15, -0.1) is 0 Å². The fourth-order valence-corrected chi connectivity index (χ4v) is 10.7. The molecule has 1 unspecified atom stereocenters. The number of anilines is 3. The number of rotatable bonds is 2. The second kappa shape index (κ2) is 12.2. The van der Waals surface area contributed by atoms with Crippen LogP contribution in [-0.4, -0.2) is 14.5 Å². The Morgan fingerprint density at radius 3 is 1.98 bits per heavy atom. The summed E-state index contributed by atoms with van der Waals surface area (Å²) < 4.78 is 8.63. The van der Waals surface area contributed by atoms with Crippen LogP contribution < -0.4 is 9.64 Å². The van der Waals surface area contributed by atoms with Crippen LogP contribution in [0.5, 0.6) is 11.5 Å². The van der Waals surface area contributed by atoms with Crippen molar-refractivity contribution in [1.29, 1.82) is 15.8 Å². The number of ether oxygens (including phenoxy) is 1. The molecule has 5 heterocycles. The lowest BCUT2D eigenvalue weighted by molar-refractivity contribution is 0.476. The smallest absolute Gasteiger partial charge is 0.152 e. The Kier molecular flexibility index (Phi) is 6.81. The Hall–Kier alpha value is -8.16. The fraction of sp³-hybridized carbons (Fsp3) is 0.0200. The highest BCUT2D eigenvalue weighted by Gasteiger charge is 2.52. The molecule has 0 bridgehead atoms. The molecule has 9 heteroatoms. The van der Waals surface area contributed by atoms with Gasteiger partial charge in [0, 0.05) is 38.4 Å². The van der Waals surface area contributed by atoms with Crippen LogP contribution in [0.15, 0.2) is 162 Å². The summed E-state index contributed by atoms with van der Waals surface area (Å²) in [6.45, 7) is 0. The normalized spacial score (nSPS) is 15.2. The van der Waals surface area contributed by atoms with Crippen molar-refractivity contribution in [3.8, 4) is 46.8 Å². The van der Waals surface area contributed by atoms with E-state index in [2.05, 4.69) is 88.3 Å². The molecule has 1 spiro atoms. The second-order valence-electron chi connectivity index (χ2n) is 14.7. The van der Waals surface area contributed by atoms with Crippen LogP contribution in [0.1, 0.15) is 38.9 Å². The second-order valence-corrected chi connectivity index (χ2v) is 15.8. The van der Waals surface area contributed by atoms with Gasteiger partial charge < -0.3 is 14.2 Å². The van der Waals surface area contributed by atoms with E-state index in [9.17, 15) is 15.8 Å². The third-order valence-corrected chi connectivity index (χ3v) is 13.0. The van der Waals surface area contributed by atoms with Gasteiger partial charge in [0.1, 0.15) is 0 Å². The zero-order valence-electron chi connectivity index (χ0n) is 30.9. The first-order chi connectivity index (χ1) is 29.1. The summed E-state index contributed by atoms with van der Waals surface area (Å²) in [6.07, 6.45) is 3.74. The van der Waals surface area contributed by atoms with Crippen LogP contribution in [0.4, 0.5) is 17.1 Å². The third-order valence-electron chi connectivity index (χ3n) is 11.8. The predicted molar refractivity (Wildman–Crippen MR) is 227 cm³/mol. The molecular weight excluding hydrogens is 747 g/mol. The third kappa shape index (κ3) is 4.41. The fourth-order valence-electron chi connectivity index (χ4n) is 9.42. The number of nitrogens with zero attached hydrogens (tertiary/aromatic N) is 7. The molecular formula is C50H25N7OS. The van der Waals surface area contributed by atoms with Crippen molar-refractivity contribution in [2.75, 3.05) is 4.90 Å². The quantitative estimate of drug-likeness (QED) is 0.171. The molecule has 0 saturated heterocycles. The molecule has 2 aliphatic heterocycles. The first-order valence-electron chi connectivity index (χ1n) is 19.0. The van der Waals surface area contributed by atoms with Crippen molar-refractivity contribution in [2.24, 2.45) is 0 Å². The topological polar surface area (TPSA) is 115 Å². The van der Waals surface area contributed by atoms with Crippen LogP contribution in [-0.2, 0) is 5.41 Å². The monoisotopic (exact) mass is 771 g/mol. The molecule has 3 aromatic heterocycles. The maximum atomic E-state index is 9.86. The minimum absolute atomic E-state index is 0.523. The number of benzene rings is 6. The molecule has 8 nitrogen and oxygen atoms in total. The van der Waals surface area contributed by atoms with Gasteiger partial charge in [0.2, 0.25) is 0 Å². The number of pyridine rings is 2. The van der Waals surface area contributed by atoms with E-state index in [4.69, 9.17) is 14.7 Å². The van der Waals surface area contributed by atoms with E-state index in [-0.39, 0.29) is 0 Å². The zero-order valence-corrected chi connectivity index (χ0v) is 31.7. The molecule has 0 N–H and O–H groups in total. The van der Waals surface area contributed by atoms with E-state index in [1.54, 1.807) is 17.8 Å². The van der Waals surface area contributed by atoms with Crippen LogP contribution >= 0.6 is 11.8 Å². The van der Waals surface area contributed by atoms with E-state index in [1.165, 1.54) is 0 Å². The summed E-state index contributed by atoms with van der Waals surface area (Å²) in [5.74, 6) is 1.31. The average molecular weight is 772 g/mol. The maximum Gasteiger partial charge on any atom is 0.152 e. The van der Waals surface area contributed by atoms with Crippen molar-refractivity contribution in [1.82, 2.24) is 14.5 Å². The number of para-hydroxylation sites is 2. The minimum Gasteiger partial charge on any atom is -0.453 e. The van der Waals surface area contributed by atoms with E-state index in [0.29, 0.717) is 28.2 Å². The van der Waals surface area contributed by atoms with Crippen molar-refractivity contribution in [2.45, 2.75) is 15.2 Å². The molecule has 1 atom stereocenters. The van der Waals surface area contributed by atoms with Crippen LogP contribution in [0.25, 0.3) is 38.9 Å². The number of hydrogen-bond donors (Lipinski definition) is 0. The van der Waals surface area contributed by atoms with Gasteiger partial charge in [-0.1, -0.05) is 60.3 Å². The van der Waals surface area contributed by atoms with Gasteiger partial charge in [0.15, 0.2) is 11.5 Å². The first kappa shape index (κ1) is 33.0. The average Bonchev–Trinajstić information content (AvgIpc) is 3.77. The molecule has 59 heavy (non-hydrogen) atoms. The zero-order chi connectivity index (χ0) is 39.4. The molecule has 6 aromatic carbocycles. The molecule has 9 aromatic rings. The van der Waals surface area contributed by atoms with Crippen LogP contribution in [0.2, 0.25) is 0 Å². The number of fused-ring (bicyclic) bond motifs is 14. The summed E-state index contributed by atoms with van der Waals surface area (Å²) in [5.41, 5.74) is 12.1. The molecule has 0 radical (unpaired) electrons. The largest absolute Gasteiger partial charge is 0.453 e. The van der Waals surface area contributed by atoms with Gasteiger partial charge in [-0.2, -0.15) is 15.8 Å². The SMILES string of the molecule is N#Cc1ccc2c(c1)Oc1ccccc1N2c1cccc2c1Sc1ccccc1C21c2cccnc2-c2ncc(-n3c4ccc(C#N)cc4c4cc(C#N)ccc43)cc21. The lowest BCUT2D eigenvalue weighted by Gasteiger charge is -2.41. The lowest BCUT2D eigenvalue weighted by Crippen LogP contribution is -2.33. The van der Waals surface area contributed by atoms with Crippen molar-refractivity contribution < 1.29 is 4.74 Å². The van der Waals surface area contributed by atoms with Crippen molar-refractivity contribution in [3.05, 3.63) is 191 Å². The Morgan fingerprint density at radius 2 is 1.19 bits per heavy atom. The molecule has 0 saturated carbocycles. The molecule has 272 valence electrons. The highest BCUT2D eigenvalue weighted by atomic mass is 32.2. The van der Waals surface area contributed by atoms with Gasteiger partial charge in [-0.3, -0.25) is 9.97 Å². The summed E-state index contributed by atoms with van der Waals surface area (Å²) >= 11 is 1.75. The Bertz CT molecular complexity index is 3410. The molecule has 1 aliphatic carbocycles. The van der Waals surface area contributed by atoms with Crippen molar-refractivity contribution >= 4 is 50.6 Å². The molecule has 3 aliphatic rings. The molecule has 0 amide bonds. The lowest BCUT2D eigenvalue weighted by atomic mass is 9.67. The molecule has 12 rings (SSSR count). The van der Waals surface area contributed by atoms with E-state index < -0.39 is 5.41 Å². The summed E-state index contributed by atoms with van der Waals surface area (Å²) in [7, 11) is 0. The Labute approximate surface area is 342 Å². The van der Waals surface area contributed by atoms with Gasteiger partial charge in [0.05, 0.1) is 91.7 Å². The highest BCUT2D eigenvalue weighted by molar-refractivity contribution is 7.99. The van der Waals surface area contributed by atoms with Crippen molar-refractivity contribution in [3.63, 3.8) is 0 Å². The van der Waals surface area contributed by atoms with E-state index in [1.807, 2.05) is 85.2 Å². The van der Waals surface area contributed by atoms with Crippen LogP contribution in [0, 0.1) is 34.0 Å². The van der Waals surface area contributed by atoms with Gasteiger partial charge in [-0.05, 0) is 102 Å². The summed E-state index contributed by atoms with van der Waals surface area (Å²) in [6, 6.07) is 53.5. The van der Waals surface area contributed by atoms with Crippen LogP contribution in [0.3, 0.4) is 0 Å². The maximum absolute atomic E-state index is 9.86. The van der Waals surface area contributed by atoms with Gasteiger partial charge in [-0.25, -0.2) is 0 Å². The van der Waals surface area contributed by atoms with E-state index >= 15 is 0 Å². The number of nitriles is 3. The number of aromatic nitrogens is 3. The standard InChI is InChI=1S/C50H25N7OS/c51-25-29-14-17-39-33(21-29)34-22-30(26-52)15-18-40(34)56(39)32-24-38-48(55-28-32)47-36(9-6-20-54-47)50(38)35-7-1-4-13-46(35)59-49-37(50)8-5-11-43(49)57-41-10-2-3-12-44(41)58-45-23-31(27-53)16-19-42(45)57/h1-24,28H.